The Morgan fingerprint density at radius 1 is 1.39 bits per heavy atom. The van der Waals surface area contributed by atoms with Crippen LogP contribution in [0.1, 0.15) is 30.7 Å². The van der Waals surface area contributed by atoms with Gasteiger partial charge in [-0.3, -0.25) is 14.2 Å². The van der Waals surface area contributed by atoms with Gasteiger partial charge in [0.2, 0.25) is 5.91 Å². The summed E-state index contributed by atoms with van der Waals surface area (Å²) >= 11 is 6.17. The molecule has 1 unspecified atom stereocenters. The molecule has 0 spiro atoms. The van der Waals surface area contributed by atoms with Gasteiger partial charge in [0.05, 0.1) is 29.0 Å². The normalized spacial score (nSPS) is 18.4. The summed E-state index contributed by atoms with van der Waals surface area (Å²) in [6.45, 7) is 5.55. The van der Waals surface area contributed by atoms with E-state index in [1.165, 1.54) is 0 Å². The predicted octanol–water partition coefficient (Wildman–Crippen LogP) is 2.43. The molecule has 7 heteroatoms. The van der Waals surface area contributed by atoms with Crippen LogP contribution in [0.3, 0.4) is 0 Å². The number of hydrogen-bond donors (Lipinski definition) is 0. The van der Waals surface area contributed by atoms with Crippen LogP contribution in [0.15, 0.2) is 18.5 Å². The van der Waals surface area contributed by atoms with Gasteiger partial charge in [-0.25, -0.2) is 0 Å². The number of aromatic nitrogens is 4. The highest BCUT2D eigenvalue weighted by atomic mass is 35.5. The van der Waals surface area contributed by atoms with Crippen molar-refractivity contribution < 1.29 is 4.79 Å². The minimum absolute atomic E-state index is 0.101. The Hall–Kier alpha value is -1.82. The highest BCUT2D eigenvalue weighted by molar-refractivity contribution is 6.31. The van der Waals surface area contributed by atoms with Crippen molar-refractivity contribution in [2.45, 2.75) is 52.2 Å². The van der Waals surface area contributed by atoms with Crippen LogP contribution < -0.4 is 0 Å². The van der Waals surface area contributed by atoms with E-state index >= 15 is 0 Å². The summed E-state index contributed by atoms with van der Waals surface area (Å²) in [5, 5.41) is 9.27. The second-order valence-electron chi connectivity index (χ2n) is 6.11. The molecule has 0 aliphatic carbocycles. The molecule has 1 fully saturated rings. The Bertz CT molecular complexity index is 679. The topological polar surface area (TPSA) is 56.0 Å². The van der Waals surface area contributed by atoms with E-state index in [-0.39, 0.29) is 18.5 Å². The van der Waals surface area contributed by atoms with Crippen LogP contribution in [-0.4, -0.2) is 43.0 Å². The van der Waals surface area contributed by atoms with Crippen molar-refractivity contribution in [3.05, 3.63) is 34.9 Å². The van der Waals surface area contributed by atoms with E-state index < -0.39 is 0 Å². The Morgan fingerprint density at radius 3 is 2.87 bits per heavy atom. The molecule has 2 aromatic heterocycles. The van der Waals surface area contributed by atoms with E-state index in [9.17, 15) is 4.79 Å². The number of likely N-dealkylation sites (tertiary alicyclic amines) is 1. The number of piperidine rings is 1. The number of hydrogen-bond acceptors (Lipinski definition) is 3. The van der Waals surface area contributed by atoms with Crippen LogP contribution in [0.2, 0.25) is 5.02 Å². The minimum Gasteiger partial charge on any atom is -0.336 e. The summed E-state index contributed by atoms with van der Waals surface area (Å²) in [4.78, 5) is 14.8. The average Bonchev–Trinajstić information content (AvgIpc) is 3.13. The molecule has 3 heterocycles. The first-order valence-electron chi connectivity index (χ1n) is 8.02. The van der Waals surface area contributed by atoms with E-state index in [0.717, 1.165) is 43.7 Å². The van der Waals surface area contributed by atoms with Crippen LogP contribution >= 0.6 is 11.6 Å². The van der Waals surface area contributed by atoms with Crippen LogP contribution in [0.5, 0.6) is 0 Å². The second kappa shape index (κ2) is 6.74. The molecular formula is C16H22ClN5O. The van der Waals surface area contributed by atoms with Gasteiger partial charge in [0.15, 0.2) is 0 Å². The quantitative estimate of drug-likeness (QED) is 0.862. The molecular weight excluding hydrogens is 314 g/mol. The summed E-state index contributed by atoms with van der Waals surface area (Å²) in [5.74, 6) is 0.101. The highest BCUT2D eigenvalue weighted by Crippen LogP contribution is 2.21. The van der Waals surface area contributed by atoms with E-state index in [1.54, 1.807) is 10.9 Å². The zero-order valence-corrected chi connectivity index (χ0v) is 14.3. The van der Waals surface area contributed by atoms with Crippen LogP contribution in [0, 0.1) is 13.8 Å². The fourth-order valence-corrected chi connectivity index (χ4v) is 3.33. The molecule has 0 aromatic carbocycles. The van der Waals surface area contributed by atoms with E-state index in [1.807, 2.05) is 35.7 Å². The van der Waals surface area contributed by atoms with Gasteiger partial charge in [-0.15, -0.1) is 0 Å². The molecule has 23 heavy (non-hydrogen) atoms. The Kier molecular flexibility index (Phi) is 4.71. The van der Waals surface area contributed by atoms with Crippen molar-refractivity contribution in [3.63, 3.8) is 0 Å². The summed E-state index contributed by atoms with van der Waals surface area (Å²) in [5.41, 5.74) is 1.61. The van der Waals surface area contributed by atoms with Crippen molar-refractivity contribution >= 4 is 17.5 Å². The zero-order chi connectivity index (χ0) is 16.4. The molecule has 3 rings (SSSR count). The summed E-state index contributed by atoms with van der Waals surface area (Å²) in [6, 6.07) is 2.11. The molecule has 124 valence electrons. The molecule has 0 N–H and O–H groups in total. The first-order valence-corrected chi connectivity index (χ1v) is 8.40. The molecule has 0 radical (unpaired) electrons. The molecule has 0 bridgehead atoms. The number of nitrogens with zero attached hydrogens (tertiary/aromatic N) is 5. The van der Waals surface area contributed by atoms with Crippen molar-refractivity contribution in [1.82, 2.24) is 24.5 Å². The molecule has 6 nitrogen and oxygen atoms in total. The van der Waals surface area contributed by atoms with Crippen molar-refractivity contribution in [3.8, 4) is 0 Å². The predicted molar refractivity (Wildman–Crippen MR) is 88.3 cm³/mol. The summed E-state index contributed by atoms with van der Waals surface area (Å²) in [7, 11) is 0. The lowest BCUT2D eigenvalue weighted by molar-refractivity contribution is -0.136. The maximum absolute atomic E-state index is 12.8. The van der Waals surface area contributed by atoms with Gasteiger partial charge >= 0.3 is 0 Å². The maximum atomic E-state index is 12.8. The van der Waals surface area contributed by atoms with Crippen molar-refractivity contribution in [2.24, 2.45) is 0 Å². The molecule has 0 saturated carbocycles. The van der Waals surface area contributed by atoms with Gasteiger partial charge in [-0.05, 0) is 39.2 Å². The fraction of sp³-hybridized carbons (Fsp3) is 0.562. The number of halogens is 1. The number of aryl methyl sites for hydroxylation is 1. The standard InChI is InChI=1S/C16H22ClN5O/c1-12-16(17)13(2)22(19-12)11-15(23)21-9-4-3-6-14(21)10-20-8-5-7-18-20/h5,7-8,14H,3-4,6,9-11H2,1-2H3. The van der Waals surface area contributed by atoms with Gasteiger partial charge in [0, 0.05) is 18.9 Å². The fourth-order valence-electron chi connectivity index (χ4n) is 3.19. The highest BCUT2D eigenvalue weighted by Gasteiger charge is 2.27. The van der Waals surface area contributed by atoms with E-state index in [0.29, 0.717) is 5.02 Å². The molecule has 1 aliphatic heterocycles. The van der Waals surface area contributed by atoms with Crippen LogP contribution in [0.25, 0.3) is 0 Å². The Morgan fingerprint density at radius 2 is 2.22 bits per heavy atom. The second-order valence-corrected chi connectivity index (χ2v) is 6.49. The summed E-state index contributed by atoms with van der Waals surface area (Å²) < 4.78 is 3.61. The van der Waals surface area contributed by atoms with E-state index in [4.69, 9.17) is 11.6 Å². The minimum atomic E-state index is 0.101. The van der Waals surface area contributed by atoms with Crippen molar-refractivity contribution in [2.75, 3.05) is 6.54 Å². The first-order chi connectivity index (χ1) is 11.1. The number of rotatable bonds is 4. The van der Waals surface area contributed by atoms with Crippen molar-refractivity contribution in [1.29, 1.82) is 0 Å². The van der Waals surface area contributed by atoms with Gasteiger partial charge in [0.25, 0.3) is 0 Å². The average molecular weight is 336 g/mol. The third-order valence-corrected chi connectivity index (χ3v) is 5.03. The van der Waals surface area contributed by atoms with Gasteiger partial charge in [-0.1, -0.05) is 11.6 Å². The SMILES string of the molecule is Cc1nn(CC(=O)N2CCCCC2Cn2cccn2)c(C)c1Cl. The lowest BCUT2D eigenvalue weighted by atomic mass is 10.0. The van der Waals surface area contributed by atoms with Crippen LogP contribution in [0.4, 0.5) is 0 Å². The zero-order valence-electron chi connectivity index (χ0n) is 13.6. The van der Waals surface area contributed by atoms with Gasteiger partial charge < -0.3 is 4.90 Å². The monoisotopic (exact) mass is 335 g/mol. The van der Waals surface area contributed by atoms with Crippen LogP contribution in [-0.2, 0) is 17.9 Å². The maximum Gasteiger partial charge on any atom is 0.244 e. The van der Waals surface area contributed by atoms with E-state index in [2.05, 4.69) is 10.2 Å². The lowest BCUT2D eigenvalue weighted by Crippen LogP contribution is -2.47. The smallest absolute Gasteiger partial charge is 0.244 e. The Balaban J connectivity index is 1.72. The molecule has 2 aromatic rings. The largest absolute Gasteiger partial charge is 0.336 e. The number of amides is 1. The molecule has 1 atom stereocenters. The first kappa shape index (κ1) is 16.1. The van der Waals surface area contributed by atoms with Gasteiger partial charge in [0.1, 0.15) is 6.54 Å². The van der Waals surface area contributed by atoms with Gasteiger partial charge in [-0.2, -0.15) is 10.2 Å². The molecule has 1 saturated heterocycles. The summed E-state index contributed by atoms with van der Waals surface area (Å²) in [6.07, 6.45) is 6.94. The molecule has 1 amide bonds. The molecule has 1 aliphatic rings. The Labute approximate surface area is 141 Å². The lowest BCUT2D eigenvalue weighted by Gasteiger charge is -2.35. The number of carbonyl (C=O) groups is 1. The third kappa shape index (κ3) is 3.42. The number of carbonyl (C=O) groups excluding carboxylic acids is 1. The third-order valence-electron chi connectivity index (χ3n) is 4.48.